The Morgan fingerprint density at radius 2 is 1.86 bits per heavy atom. The number of anilines is 2. The summed E-state index contributed by atoms with van der Waals surface area (Å²) >= 11 is 6.03. The number of Topliss-reactive ketones (excluding diaryl/α,β-unsaturated/α-hetero) is 1. The monoisotopic (exact) mass is 412 g/mol. The highest BCUT2D eigenvalue weighted by Crippen LogP contribution is 2.40. The van der Waals surface area contributed by atoms with Gasteiger partial charge >= 0.3 is 0 Å². The number of nitro benzene ring substituents is 1. The molecule has 2 aromatic rings. The lowest BCUT2D eigenvalue weighted by Crippen LogP contribution is -2.39. The SMILES string of the molecule is CC(=O)C1=NN(c2cccc(Cl)c2)[C@H]2C(=O)N(c3ccccc3[N+](=O)[O-])C(=O)[C@H]12. The van der Waals surface area contributed by atoms with Crippen molar-refractivity contribution >= 4 is 52.0 Å². The minimum atomic E-state index is -1.15. The number of nitrogens with zero attached hydrogens (tertiary/aromatic N) is 4. The molecule has 4 rings (SSSR count). The van der Waals surface area contributed by atoms with E-state index < -0.39 is 34.5 Å². The second kappa shape index (κ2) is 6.78. The number of hydrazone groups is 1. The van der Waals surface area contributed by atoms with Crippen LogP contribution in [-0.4, -0.2) is 34.3 Å². The number of benzene rings is 2. The Kier molecular flexibility index (Phi) is 4.39. The second-order valence-corrected chi connectivity index (χ2v) is 6.98. The highest BCUT2D eigenvalue weighted by atomic mass is 35.5. The summed E-state index contributed by atoms with van der Waals surface area (Å²) in [5, 5.41) is 17.3. The highest BCUT2D eigenvalue weighted by Gasteiger charge is 2.58. The molecular formula is C19H13ClN4O5. The lowest BCUT2D eigenvalue weighted by atomic mass is 9.95. The molecule has 2 aliphatic heterocycles. The third kappa shape index (κ3) is 2.87. The van der Waals surface area contributed by atoms with Crippen molar-refractivity contribution in [3.8, 4) is 0 Å². The van der Waals surface area contributed by atoms with Gasteiger partial charge in [-0.25, -0.2) is 4.90 Å². The van der Waals surface area contributed by atoms with Crippen LogP contribution in [0.2, 0.25) is 5.02 Å². The standard InChI is InChI=1S/C19H13ClN4O5/c1-10(25)16-15-17(23(21-16)12-6-4-5-11(20)9-12)19(27)22(18(15)26)13-7-2-3-8-14(13)24(28)29/h2-9,15,17H,1H3/t15-,17-/m1/s1. The van der Waals surface area contributed by atoms with Crippen molar-refractivity contribution in [2.45, 2.75) is 13.0 Å². The van der Waals surface area contributed by atoms with Gasteiger partial charge in [-0.05, 0) is 24.3 Å². The largest absolute Gasteiger partial charge is 0.293 e. The molecule has 2 atom stereocenters. The molecule has 0 bridgehead atoms. The van der Waals surface area contributed by atoms with Gasteiger partial charge in [0.05, 0.1) is 10.6 Å². The van der Waals surface area contributed by atoms with Gasteiger partial charge in [0.15, 0.2) is 5.78 Å². The van der Waals surface area contributed by atoms with Gasteiger partial charge in [-0.15, -0.1) is 0 Å². The quantitative estimate of drug-likeness (QED) is 0.433. The summed E-state index contributed by atoms with van der Waals surface area (Å²) in [4.78, 5) is 50.0. The van der Waals surface area contributed by atoms with Crippen molar-refractivity contribution in [3.63, 3.8) is 0 Å². The summed E-state index contributed by atoms with van der Waals surface area (Å²) in [7, 11) is 0. The van der Waals surface area contributed by atoms with Gasteiger partial charge in [-0.1, -0.05) is 29.8 Å². The van der Waals surface area contributed by atoms with E-state index in [4.69, 9.17) is 11.6 Å². The Balaban J connectivity index is 1.84. The summed E-state index contributed by atoms with van der Waals surface area (Å²) in [6, 6.07) is 10.8. The fourth-order valence-corrected chi connectivity index (χ4v) is 3.77. The van der Waals surface area contributed by atoms with E-state index in [1.54, 1.807) is 24.3 Å². The fraction of sp³-hybridized carbons (Fsp3) is 0.158. The number of fused-ring (bicyclic) bond motifs is 1. The summed E-state index contributed by atoms with van der Waals surface area (Å²) in [6.45, 7) is 1.25. The lowest BCUT2D eigenvalue weighted by Gasteiger charge is -2.22. The van der Waals surface area contributed by atoms with Crippen LogP contribution in [0.25, 0.3) is 0 Å². The molecule has 2 heterocycles. The van der Waals surface area contributed by atoms with Crippen molar-refractivity contribution in [2.75, 3.05) is 9.91 Å². The number of carbonyl (C=O) groups excluding carboxylic acids is 3. The smallest absolute Gasteiger partial charge is 0.293 e. The van der Waals surface area contributed by atoms with E-state index in [1.807, 2.05) is 0 Å². The summed E-state index contributed by atoms with van der Waals surface area (Å²) in [5.74, 6) is -3.05. The molecule has 1 fully saturated rings. The van der Waals surface area contributed by atoms with Crippen molar-refractivity contribution < 1.29 is 19.3 Å². The first-order valence-electron chi connectivity index (χ1n) is 8.56. The lowest BCUT2D eigenvalue weighted by molar-refractivity contribution is -0.384. The molecule has 9 nitrogen and oxygen atoms in total. The molecule has 0 aromatic heterocycles. The van der Waals surface area contributed by atoms with Gasteiger partial charge in [-0.2, -0.15) is 5.10 Å². The van der Waals surface area contributed by atoms with Crippen molar-refractivity contribution in [1.82, 2.24) is 0 Å². The fourth-order valence-electron chi connectivity index (χ4n) is 3.58. The number of halogens is 1. The Bertz CT molecular complexity index is 1120. The van der Waals surface area contributed by atoms with Gasteiger partial charge in [0, 0.05) is 18.0 Å². The zero-order chi connectivity index (χ0) is 20.9. The molecule has 0 radical (unpaired) electrons. The summed E-state index contributed by atoms with van der Waals surface area (Å²) in [5.41, 5.74) is -0.177. The van der Waals surface area contributed by atoms with Crippen molar-refractivity contribution in [3.05, 3.63) is 63.7 Å². The molecule has 2 aromatic carbocycles. The first-order chi connectivity index (χ1) is 13.8. The van der Waals surface area contributed by atoms with E-state index >= 15 is 0 Å². The van der Waals surface area contributed by atoms with Gasteiger partial charge in [0.1, 0.15) is 23.4 Å². The van der Waals surface area contributed by atoms with Crippen LogP contribution >= 0.6 is 11.6 Å². The molecule has 0 N–H and O–H groups in total. The van der Waals surface area contributed by atoms with E-state index in [0.29, 0.717) is 10.7 Å². The number of imide groups is 1. The number of ketones is 1. The van der Waals surface area contributed by atoms with Crippen LogP contribution in [0.1, 0.15) is 6.92 Å². The van der Waals surface area contributed by atoms with Crippen LogP contribution in [0.3, 0.4) is 0 Å². The maximum Gasteiger partial charge on any atom is 0.293 e. The van der Waals surface area contributed by atoms with E-state index in [0.717, 1.165) is 4.90 Å². The molecule has 10 heteroatoms. The molecule has 1 saturated heterocycles. The van der Waals surface area contributed by atoms with Gasteiger partial charge in [0.2, 0.25) is 5.91 Å². The number of rotatable bonds is 4. The second-order valence-electron chi connectivity index (χ2n) is 6.55. The van der Waals surface area contributed by atoms with Crippen LogP contribution in [0.15, 0.2) is 53.6 Å². The van der Waals surface area contributed by atoms with Crippen molar-refractivity contribution in [2.24, 2.45) is 11.0 Å². The topological polar surface area (TPSA) is 113 Å². The minimum Gasteiger partial charge on any atom is -0.293 e. The summed E-state index contributed by atoms with van der Waals surface area (Å²) < 4.78 is 0. The molecular weight excluding hydrogens is 400 g/mol. The Labute approximate surface area is 169 Å². The number of amides is 2. The molecule has 2 aliphatic rings. The Morgan fingerprint density at radius 1 is 1.14 bits per heavy atom. The van der Waals surface area contributed by atoms with Crippen LogP contribution < -0.4 is 9.91 Å². The third-order valence-electron chi connectivity index (χ3n) is 4.80. The molecule has 0 spiro atoms. The average molecular weight is 413 g/mol. The number of para-hydroxylation sites is 2. The Morgan fingerprint density at radius 3 is 2.52 bits per heavy atom. The maximum atomic E-state index is 13.2. The predicted octanol–water partition coefficient (Wildman–Crippen LogP) is 2.57. The van der Waals surface area contributed by atoms with Gasteiger partial charge in [-0.3, -0.25) is 29.5 Å². The zero-order valence-electron chi connectivity index (χ0n) is 15.0. The van der Waals surface area contributed by atoms with Gasteiger partial charge in [0.25, 0.3) is 11.6 Å². The molecule has 0 unspecified atom stereocenters. The van der Waals surface area contributed by atoms with Crippen LogP contribution in [0.4, 0.5) is 17.1 Å². The number of carbonyl (C=O) groups is 3. The average Bonchev–Trinajstić information content (AvgIpc) is 3.19. The van der Waals surface area contributed by atoms with Crippen LogP contribution in [-0.2, 0) is 14.4 Å². The predicted molar refractivity (Wildman–Crippen MR) is 105 cm³/mol. The number of nitro groups is 1. The number of hydrogen-bond acceptors (Lipinski definition) is 7. The number of hydrogen-bond donors (Lipinski definition) is 0. The van der Waals surface area contributed by atoms with E-state index in [-0.39, 0.29) is 17.1 Å². The van der Waals surface area contributed by atoms with E-state index in [1.165, 1.54) is 36.2 Å². The first kappa shape index (κ1) is 18.8. The highest BCUT2D eigenvalue weighted by molar-refractivity contribution is 6.49. The summed E-state index contributed by atoms with van der Waals surface area (Å²) in [6.07, 6.45) is 0. The van der Waals surface area contributed by atoms with Crippen LogP contribution in [0, 0.1) is 16.0 Å². The minimum absolute atomic E-state index is 0.0746. The molecule has 29 heavy (non-hydrogen) atoms. The van der Waals surface area contributed by atoms with E-state index in [9.17, 15) is 24.5 Å². The molecule has 0 saturated carbocycles. The molecule has 146 valence electrons. The van der Waals surface area contributed by atoms with Crippen LogP contribution in [0.5, 0.6) is 0 Å². The van der Waals surface area contributed by atoms with E-state index in [2.05, 4.69) is 5.10 Å². The first-order valence-corrected chi connectivity index (χ1v) is 8.94. The molecule has 2 amide bonds. The molecule has 0 aliphatic carbocycles. The zero-order valence-corrected chi connectivity index (χ0v) is 15.7. The maximum absolute atomic E-state index is 13.2. The van der Waals surface area contributed by atoms with Gasteiger partial charge < -0.3 is 0 Å². The third-order valence-corrected chi connectivity index (χ3v) is 5.04. The normalized spacial score (nSPS) is 20.7. The van der Waals surface area contributed by atoms with Crippen molar-refractivity contribution in [1.29, 1.82) is 0 Å². The Hall–Kier alpha value is -3.59.